The van der Waals surface area contributed by atoms with Gasteiger partial charge in [0.05, 0.1) is 17.6 Å². The van der Waals surface area contributed by atoms with Crippen molar-refractivity contribution in [3.8, 4) is 5.75 Å². The molecule has 0 unspecified atom stereocenters. The number of nitro benzene ring substituents is 1. The number of hydrogen-bond acceptors (Lipinski definition) is 4. The Labute approximate surface area is 85.2 Å². The lowest BCUT2D eigenvalue weighted by Gasteiger charge is -2.06. The van der Waals surface area contributed by atoms with Crippen LogP contribution in [0.25, 0.3) is 0 Å². The summed E-state index contributed by atoms with van der Waals surface area (Å²) in [5, 5.41) is 19.5. The maximum Gasteiger partial charge on any atom is 0.342 e. The Balaban J connectivity index is 3.51. The number of ether oxygens (including phenoxy) is 1. The van der Waals surface area contributed by atoms with Crippen molar-refractivity contribution in [2.45, 2.75) is 6.92 Å². The minimum absolute atomic E-state index is 0.211. The van der Waals surface area contributed by atoms with Crippen molar-refractivity contribution >= 4 is 11.7 Å². The largest absolute Gasteiger partial charge is 0.496 e. The van der Waals surface area contributed by atoms with E-state index in [9.17, 15) is 14.9 Å². The summed E-state index contributed by atoms with van der Waals surface area (Å²) in [6, 6.07) is 2.55. The summed E-state index contributed by atoms with van der Waals surface area (Å²) in [4.78, 5) is 20.7. The molecule has 1 aromatic rings. The third-order valence-corrected chi connectivity index (χ3v) is 2.01. The predicted molar refractivity (Wildman–Crippen MR) is 51.3 cm³/mol. The molecule has 0 aliphatic heterocycles. The molecule has 0 aliphatic carbocycles. The van der Waals surface area contributed by atoms with E-state index in [1.807, 2.05) is 0 Å². The third-order valence-electron chi connectivity index (χ3n) is 2.01. The van der Waals surface area contributed by atoms with Crippen LogP contribution in [0.5, 0.6) is 5.75 Å². The highest BCUT2D eigenvalue weighted by molar-refractivity contribution is 5.93. The molecule has 80 valence electrons. The van der Waals surface area contributed by atoms with Crippen LogP contribution in [0.3, 0.4) is 0 Å². The second-order valence-corrected chi connectivity index (χ2v) is 2.85. The van der Waals surface area contributed by atoms with Crippen molar-refractivity contribution in [2.24, 2.45) is 0 Å². The molecule has 0 aromatic heterocycles. The number of benzene rings is 1. The van der Waals surface area contributed by atoms with E-state index < -0.39 is 16.6 Å². The lowest BCUT2D eigenvalue weighted by molar-refractivity contribution is -0.385. The van der Waals surface area contributed by atoms with Crippen LogP contribution in [0, 0.1) is 17.0 Å². The molecule has 0 saturated heterocycles. The van der Waals surface area contributed by atoms with Crippen molar-refractivity contribution in [1.29, 1.82) is 0 Å². The molecule has 0 spiro atoms. The van der Waals surface area contributed by atoms with E-state index >= 15 is 0 Å². The highest BCUT2D eigenvalue weighted by Gasteiger charge is 2.24. The molecule has 0 radical (unpaired) electrons. The van der Waals surface area contributed by atoms with Gasteiger partial charge in [-0.3, -0.25) is 10.1 Å². The Morgan fingerprint density at radius 1 is 1.53 bits per heavy atom. The molecule has 0 bridgehead atoms. The van der Waals surface area contributed by atoms with Gasteiger partial charge in [0, 0.05) is 0 Å². The summed E-state index contributed by atoms with van der Waals surface area (Å²) in [5.41, 5.74) is -0.553. The summed E-state index contributed by atoms with van der Waals surface area (Å²) < 4.78 is 4.87. The molecule has 1 rings (SSSR count). The van der Waals surface area contributed by atoms with Crippen molar-refractivity contribution < 1.29 is 19.6 Å². The molecule has 0 amide bonds. The minimum atomic E-state index is -1.33. The predicted octanol–water partition coefficient (Wildman–Crippen LogP) is 1.61. The topological polar surface area (TPSA) is 89.7 Å². The second-order valence-electron chi connectivity index (χ2n) is 2.85. The zero-order chi connectivity index (χ0) is 11.6. The highest BCUT2D eigenvalue weighted by atomic mass is 16.6. The summed E-state index contributed by atoms with van der Waals surface area (Å²) >= 11 is 0. The fraction of sp³-hybridized carbons (Fsp3) is 0.222. The van der Waals surface area contributed by atoms with Gasteiger partial charge >= 0.3 is 5.97 Å². The van der Waals surface area contributed by atoms with Gasteiger partial charge in [0.1, 0.15) is 11.3 Å². The first-order chi connectivity index (χ1) is 6.99. The second kappa shape index (κ2) is 3.95. The number of carboxylic acids is 1. The molecule has 0 saturated carbocycles. The lowest BCUT2D eigenvalue weighted by Crippen LogP contribution is -2.05. The van der Waals surface area contributed by atoms with E-state index in [-0.39, 0.29) is 11.1 Å². The van der Waals surface area contributed by atoms with Gasteiger partial charge in [0.25, 0.3) is 5.69 Å². The molecule has 6 heteroatoms. The van der Waals surface area contributed by atoms with Gasteiger partial charge in [-0.2, -0.15) is 0 Å². The number of nitrogens with zero attached hydrogens (tertiary/aromatic N) is 1. The van der Waals surface area contributed by atoms with Crippen LogP contribution < -0.4 is 4.74 Å². The number of carbonyl (C=O) groups is 1. The summed E-state index contributed by atoms with van der Waals surface area (Å²) in [5.74, 6) is -1.03. The van der Waals surface area contributed by atoms with E-state index in [0.717, 1.165) is 6.07 Å². The van der Waals surface area contributed by atoms with Crippen LogP contribution in [-0.2, 0) is 0 Å². The molecule has 15 heavy (non-hydrogen) atoms. The number of methoxy groups -OCH3 is 1. The van der Waals surface area contributed by atoms with E-state index in [1.165, 1.54) is 20.1 Å². The summed E-state index contributed by atoms with van der Waals surface area (Å²) in [6.07, 6.45) is 0. The maximum absolute atomic E-state index is 10.7. The first-order valence-corrected chi connectivity index (χ1v) is 4.04. The van der Waals surface area contributed by atoms with Gasteiger partial charge in [-0.15, -0.1) is 0 Å². The normalized spacial score (nSPS) is 9.73. The quantitative estimate of drug-likeness (QED) is 0.605. The van der Waals surface area contributed by atoms with E-state index in [4.69, 9.17) is 9.84 Å². The monoisotopic (exact) mass is 211 g/mol. The van der Waals surface area contributed by atoms with Gasteiger partial charge in [-0.1, -0.05) is 0 Å². The SMILES string of the molecule is COc1ccc(C(=O)O)c([N+](=O)[O-])c1C. The van der Waals surface area contributed by atoms with Crippen LogP contribution in [-0.4, -0.2) is 23.1 Å². The summed E-state index contributed by atoms with van der Waals surface area (Å²) in [7, 11) is 1.37. The Bertz CT molecular complexity index is 427. The Morgan fingerprint density at radius 2 is 2.13 bits per heavy atom. The van der Waals surface area contributed by atoms with Crippen LogP contribution in [0.2, 0.25) is 0 Å². The Hall–Kier alpha value is -2.11. The van der Waals surface area contributed by atoms with Crippen molar-refractivity contribution in [3.05, 3.63) is 33.4 Å². The first-order valence-electron chi connectivity index (χ1n) is 4.04. The van der Waals surface area contributed by atoms with Crippen LogP contribution >= 0.6 is 0 Å². The number of hydrogen-bond donors (Lipinski definition) is 1. The van der Waals surface area contributed by atoms with Crippen LogP contribution in [0.15, 0.2) is 12.1 Å². The number of rotatable bonds is 3. The minimum Gasteiger partial charge on any atom is -0.496 e. The molecule has 0 atom stereocenters. The molecule has 0 fully saturated rings. The molecular formula is C9H9NO5. The van der Waals surface area contributed by atoms with E-state index in [2.05, 4.69) is 0 Å². The van der Waals surface area contributed by atoms with Crippen LogP contribution in [0.1, 0.15) is 15.9 Å². The van der Waals surface area contributed by atoms with Crippen LogP contribution in [0.4, 0.5) is 5.69 Å². The van der Waals surface area contributed by atoms with Crippen molar-refractivity contribution in [3.63, 3.8) is 0 Å². The average Bonchev–Trinajstić information content (AvgIpc) is 2.16. The van der Waals surface area contributed by atoms with Gasteiger partial charge in [-0.25, -0.2) is 4.79 Å². The zero-order valence-electron chi connectivity index (χ0n) is 8.18. The van der Waals surface area contributed by atoms with Crippen molar-refractivity contribution in [1.82, 2.24) is 0 Å². The molecular weight excluding hydrogens is 202 g/mol. The highest BCUT2D eigenvalue weighted by Crippen LogP contribution is 2.30. The maximum atomic E-state index is 10.7. The Morgan fingerprint density at radius 3 is 2.53 bits per heavy atom. The average molecular weight is 211 g/mol. The van der Waals surface area contributed by atoms with Crippen molar-refractivity contribution in [2.75, 3.05) is 7.11 Å². The number of nitro groups is 1. The first kappa shape index (κ1) is 11.0. The standard InChI is InChI=1S/C9H9NO5/c1-5-7(15-2)4-3-6(9(11)12)8(5)10(13)14/h3-4H,1-2H3,(H,11,12). The fourth-order valence-corrected chi connectivity index (χ4v) is 1.31. The third kappa shape index (κ3) is 1.88. The smallest absolute Gasteiger partial charge is 0.342 e. The molecule has 1 N–H and O–H groups in total. The Kier molecular flexibility index (Phi) is 2.89. The lowest BCUT2D eigenvalue weighted by atomic mass is 10.1. The van der Waals surface area contributed by atoms with Gasteiger partial charge in [0.2, 0.25) is 0 Å². The van der Waals surface area contributed by atoms with E-state index in [0.29, 0.717) is 5.75 Å². The number of aromatic carboxylic acids is 1. The molecule has 6 nitrogen and oxygen atoms in total. The summed E-state index contributed by atoms with van der Waals surface area (Å²) in [6.45, 7) is 1.45. The number of carboxylic acid groups (broad SMARTS) is 1. The molecule has 0 aliphatic rings. The fourth-order valence-electron chi connectivity index (χ4n) is 1.31. The zero-order valence-corrected chi connectivity index (χ0v) is 8.18. The molecule has 1 aromatic carbocycles. The molecule has 0 heterocycles. The van der Waals surface area contributed by atoms with Gasteiger partial charge in [-0.05, 0) is 19.1 Å². The van der Waals surface area contributed by atoms with Gasteiger partial charge in [0.15, 0.2) is 0 Å². The van der Waals surface area contributed by atoms with Gasteiger partial charge < -0.3 is 9.84 Å². The van der Waals surface area contributed by atoms with E-state index in [1.54, 1.807) is 0 Å².